The molecule has 0 bridgehead atoms. The van der Waals surface area contributed by atoms with Crippen LogP contribution in [0.3, 0.4) is 0 Å². The van der Waals surface area contributed by atoms with Crippen molar-refractivity contribution in [2.75, 3.05) is 12.4 Å². The molecule has 0 radical (unpaired) electrons. The van der Waals surface area contributed by atoms with Gasteiger partial charge in [-0.15, -0.1) is 11.6 Å². The highest BCUT2D eigenvalue weighted by Gasteiger charge is 2.17. The fraction of sp³-hybridized carbons (Fsp3) is 0.857. The Morgan fingerprint density at radius 1 is 1.32 bits per heavy atom. The van der Waals surface area contributed by atoms with Crippen molar-refractivity contribution in [3.63, 3.8) is 0 Å². The predicted octanol–water partition coefficient (Wildman–Crippen LogP) is 3.16. The first-order valence-electron chi connectivity index (χ1n) is 7.28. The Balaban J connectivity index is 2.75. The van der Waals surface area contributed by atoms with Gasteiger partial charge in [0.05, 0.1) is 6.54 Å². The smallest absolute Gasteiger partial charge is 0.141 e. The van der Waals surface area contributed by atoms with Crippen LogP contribution >= 0.6 is 11.6 Å². The van der Waals surface area contributed by atoms with E-state index >= 15 is 0 Å². The molecule has 5 heteroatoms. The third kappa shape index (κ3) is 5.11. The normalized spacial score (nSPS) is 12.0. The molecule has 0 aliphatic carbocycles. The van der Waals surface area contributed by atoms with Crippen molar-refractivity contribution < 1.29 is 0 Å². The second kappa shape index (κ2) is 8.54. The molecule has 0 aliphatic rings. The zero-order valence-corrected chi connectivity index (χ0v) is 13.4. The third-order valence-corrected chi connectivity index (χ3v) is 3.58. The van der Waals surface area contributed by atoms with E-state index in [1.54, 1.807) is 6.33 Å². The molecule has 1 aromatic rings. The van der Waals surface area contributed by atoms with Gasteiger partial charge in [0.2, 0.25) is 0 Å². The molecular weight excluding hydrogens is 260 g/mol. The molecule has 1 rings (SSSR count). The number of hydrogen-bond acceptors (Lipinski definition) is 3. The lowest BCUT2D eigenvalue weighted by molar-refractivity contribution is 0.179. The first-order chi connectivity index (χ1) is 9.12. The fourth-order valence-electron chi connectivity index (χ4n) is 2.39. The lowest BCUT2D eigenvalue weighted by Crippen LogP contribution is -2.36. The molecule has 19 heavy (non-hydrogen) atoms. The number of rotatable bonds is 9. The van der Waals surface area contributed by atoms with Crippen LogP contribution < -0.4 is 0 Å². The summed E-state index contributed by atoms with van der Waals surface area (Å²) >= 11 is 5.93. The summed E-state index contributed by atoms with van der Waals surface area (Å²) < 4.78 is 2.02. The van der Waals surface area contributed by atoms with Crippen LogP contribution in [0.25, 0.3) is 0 Å². The molecule has 0 unspecified atom stereocenters. The summed E-state index contributed by atoms with van der Waals surface area (Å²) in [5.74, 6) is 2.29. The monoisotopic (exact) mass is 286 g/mol. The molecule has 0 atom stereocenters. The molecule has 0 saturated carbocycles. The van der Waals surface area contributed by atoms with Gasteiger partial charge >= 0.3 is 0 Å². The minimum atomic E-state index is 0.572. The summed E-state index contributed by atoms with van der Waals surface area (Å²) in [5, 5.41) is 4.33. The quantitative estimate of drug-likeness (QED) is 0.654. The molecule has 0 spiro atoms. The maximum atomic E-state index is 5.93. The highest BCUT2D eigenvalue weighted by Crippen LogP contribution is 2.13. The SMILES string of the molecule is CCC(CC)N(CCCl)Cc1ncnn1CC(C)C. The number of alkyl halides is 1. The van der Waals surface area contributed by atoms with Crippen molar-refractivity contribution in [3.8, 4) is 0 Å². The van der Waals surface area contributed by atoms with E-state index in [1.165, 1.54) is 0 Å². The average molecular weight is 287 g/mol. The molecule has 0 amide bonds. The van der Waals surface area contributed by atoms with Crippen LogP contribution in [0.5, 0.6) is 0 Å². The van der Waals surface area contributed by atoms with Crippen LogP contribution in [0.2, 0.25) is 0 Å². The van der Waals surface area contributed by atoms with Crippen LogP contribution in [-0.2, 0) is 13.1 Å². The Labute approximate surface area is 122 Å². The van der Waals surface area contributed by atoms with Gasteiger partial charge in [0.25, 0.3) is 0 Å². The number of hydrogen-bond donors (Lipinski definition) is 0. The van der Waals surface area contributed by atoms with Crippen LogP contribution in [0.4, 0.5) is 0 Å². The Morgan fingerprint density at radius 3 is 2.53 bits per heavy atom. The van der Waals surface area contributed by atoms with Gasteiger partial charge in [0, 0.05) is 25.0 Å². The maximum absolute atomic E-state index is 5.93. The van der Waals surface area contributed by atoms with E-state index < -0.39 is 0 Å². The molecule has 0 N–H and O–H groups in total. The van der Waals surface area contributed by atoms with Crippen molar-refractivity contribution in [1.29, 1.82) is 0 Å². The summed E-state index contributed by atoms with van der Waals surface area (Å²) in [6, 6.07) is 0.572. The molecule has 1 aromatic heterocycles. The second-order valence-electron chi connectivity index (χ2n) is 5.38. The standard InChI is InChI=1S/C14H27ClN4/c1-5-13(6-2)18(8-7-15)10-14-16-11-17-19(14)9-12(3)4/h11-13H,5-10H2,1-4H3. The van der Waals surface area contributed by atoms with Crippen molar-refractivity contribution in [3.05, 3.63) is 12.2 Å². The van der Waals surface area contributed by atoms with E-state index in [-0.39, 0.29) is 0 Å². The van der Waals surface area contributed by atoms with Crippen LogP contribution in [-0.4, -0.2) is 38.1 Å². The van der Waals surface area contributed by atoms with Crippen LogP contribution in [0, 0.1) is 5.92 Å². The molecule has 0 saturated heterocycles. The highest BCUT2D eigenvalue weighted by atomic mass is 35.5. The minimum absolute atomic E-state index is 0.572. The number of nitrogens with zero attached hydrogens (tertiary/aromatic N) is 4. The molecular formula is C14H27ClN4. The van der Waals surface area contributed by atoms with Crippen LogP contribution in [0.15, 0.2) is 6.33 Å². The second-order valence-corrected chi connectivity index (χ2v) is 5.76. The first kappa shape index (κ1) is 16.4. The summed E-state index contributed by atoms with van der Waals surface area (Å²) in [6.45, 7) is 11.5. The first-order valence-corrected chi connectivity index (χ1v) is 7.82. The van der Waals surface area contributed by atoms with Gasteiger partial charge in [-0.2, -0.15) is 5.10 Å². The number of halogens is 1. The van der Waals surface area contributed by atoms with Gasteiger partial charge < -0.3 is 0 Å². The lowest BCUT2D eigenvalue weighted by atomic mass is 10.1. The van der Waals surface area contributed by atoms with Gasteiger partial charge in [-0.1, -0.05) is 27.7 Å². The van der Waals surface area contributed by atoms with Gasteiger partial charge in [-0.25, -0.2) is 9.67 Å². The Bertz CT molecular complexity index is 347. The van der Waals surface area contributed by atoms with Crippen molar-refractivity contribution in [2.45, 2.75) is 59.7 Å². The maximum Gasteiger partial charge on any atom is 0.141 e. The largest absolute Gasteiger partial charge is 0.292 e. The Morgan fingerprint density at radius 2 is 2.00 bits per heavy atom. The molecule has 110 valence electrons. The average Bonchev–Trinajstić information content (AvgIpc) is 2.77. The van der Waals surface area contributed by atoms with Gasteiger partial charge in [0.1, 0.15) is 12.2 Å². The lowest BCUT2D eigenvalue weighted by Gasteiger charge is -2.29. The number of aromatic nitrogens is 3. The van der Waals surface area contributed by atoms with Crippen molar-refractivity contribution in [1.82, 2.24) is 19.7 Å². The molecule has 0 aromatic carbocycles. The Hall–Kier alpha value is -0.610. The molecule has 0 fully saturated rings. The van der Waals surface area contributed by atoms with Gasteiger partial charge in [-0.3, -0.25) is 4.90 Å². The summed E-state index contributed by atoms with van der Waals surface area (Å²) in [4.78, 5) is 6.83. The van der Waals surface area contributed by atoms with E-state index in [1.807, 2.05) is 4.68 Å². The summed E-state index contributed by atoms with van der Waals surface area (Å²) in [7, 11) is 0. The van der Waals surface area contributed by atoms with E-state index in [9.17, 15) is 0 Å². The fourth-order valence-corrected chi connectivity index (χ4v) is 2.61. The van der Waals surface area contributed by atoms with Gasteiger partial charge in [0.15, 0.2) is 0 Å². The summed E-state index contributed by atoms with van der Waals surface area (Å²) in [5.41, 5.74) is 0. The topological polar surface area (TPSA) is 34.0 Å². The van der Waals surface area contributed by atoms with Crippen molar-refractivity contribution >= 4 is 11.6 Å². The summed E-state index contributed by atoms with van der Waals surface area (Å²) in [6.07, 6.45) is 3.95. The predicted molar refractivity (Wildman–Crippen MR) is 80.4 cm³/mol. The van der Waals surface area contributed by atoms with Gasteiger partial charge in [-0.05, 0) is 18.8 Å². The minimum Gasteiger partial charge on any atom is -0.292 e. The van der Waals surface area contributed by atoms with E-state index in [4.69, 9.17) is 11.6 Å². The molecule has 1 heterocycles. The van der Waals surface area contributed by atoms with Crippen LogP contribution in [0.1, 0.15) is 46.4 Å². The highest BCUT2D eigenvalue weighted by molar-refractivity contribution is 6.18. The van der Waals surface area contributed by atoms with E-state index in [0.29, 0.717) is 17.8 Å². The zero-order valence-electron chi connectivity index (χ0n) is 12.6. The van der Waals surface area contributed by atoms with E-state index in [2.05, 4.69) is 42.7 Å². The zero-order chi connectivity index (χ0) is 14.3. The third-order valence-electron chi connectivity index (χ3n) is 3.41. The Kier molecular flexibility index (Phi) is 7.39. The molecule has 0 aliphatic heterocycles. The van der Waals surface area contributed by atoms with Crippen molar-refractivity contribution in [2.24, 2.45) is 5.92 Å². The van der Waals surface area contributed by atoms with E-state index in [0.717, 1.165) is 38.3 Å². The molecule has 4 nitrogen and oxygen atoms in total.